The maximum Gasteiger partial charge on any atom is 0.228 e. The molecule has 33 heavy (non-hydrogen) atoms. The molecule has 1 aromatic carbocycles. The molecule has 1 saturated heterocycles. The van der Waals surface area contributed by atoms with E-state index in [2.05, 4.69) is 15.6 Å². The second-order valence-electron chi connectivity index (χ2n) is 8.47. The van der Waals surface area contributed by atoms with Crippen LogP contribution >= 0.6 is 0 Å². The summed E-state index contributed by atoms with van der Waals surface area (Å²) in [5.74, 6) is -0.287. The van der Waals surface area contributed by atoms with E-state index in [0.29, 0.717) is 17.9 Å². The lowest BCUT2D eigenvalue weighted by atomic mass is 9.83. The molecule has 3 N–H and O–H groups in total. The fraction of sp³-hybridized carbons (Fsp3) is 0.417. The number of aromatic nitrogens is 1. The Kier molecular flexibility index (Phi) is 6.40. The summed E-state index contributed by atoms with van der Waals surface area (Å²) >= 11 is 0. The van der Waals surface area contributed by atoms with Gasteiger partial charge in [0.05, 0.1) is 5.56 Å². The second kappa shape index (κ2) is 9.25. The smallest absolute Gasteiger partial charge is 0.228 e. The monoisotopic (exact) mass is 452 g/mol. The number of benzene rings is 1. The standard InChI is InChI=1S/C24H25FN4O4/c1-14(30)22(31)24(7-9-27-13-20(24)25)33-19-5-4-16(10-18(19)12-26)17-6-8-28-21(11-17)29-23(32)15-2-3-15/h4-6,8,10-11,14-15,20,27,30H,2-3,7,9,13H2,1H3,(H,28,29,32)/t14-,20+,24+/m0/s1. The number of piperidine rings is 1. The number of hydrogen-bond acceptors (Lipinski definition) is 7. The van der Waals surface area contributed by atoms with Crippen molar-refractivity contribution in [3.05, 3.63) is 42.1 Å². The minimum absolute atomic E-state index is 0.0267. The van der Waals surface area contributed by atoms with Crippen LogP contribution in [0.25, 0.3) is 11.1 Å². The molecule has 1 aliphatic heterocycles. The molecule has 2 aliphatic rings. The number of halogens is 1. The Hall–Kier alpha value is -3.35. The Morgan fingerprint density at radius 2 is 2.09 bits per heavy atom. The number of anilines is 1. The summed E-state index contributed by atoms with van der Waals surface area (Å²) in [7, 11) is 0. The molecular weight excluding hydrogens is 427 g/mol. The molecule has 9 heteroatoms. The highest BCUT2D eigenvalue weighted by Crippen LogP contribution is 2.35. The van der Waals surface area contributed by atoms with Crippen molar-refractivity contribution in [1.29, 1.82) is 5.26 Å². The Balaban J connectivity index is 1.62. The number of carbonyl (C=O) groups is 2. The van der Waals surface area contributed by atoms with Gasteiger partial charge < -0.3 is 20.5 Å². The highest BCUT2D eigenvalue weighted by Gasteiger charge is 2.51. The molecule has 172 valence electrons. The van der Waals surface area contributed by atoms with E-state index in [4.69, 9.17) is 4.74 Å². The van der Waals surface area contributed by atoms with Gasteiger partial charge in [0.15, 0.2) is 6.17 Å². The Morgan fingerprint density at radius 3 is 2.76 bits per heavy atom. The number of rotatable bonds is 7. The number of ketones is 1. The van der Waals surface area contributed by atoms with E-state index >= 15 is 0 Å². The minimum atomic E-state index is -1.87. The van der Waals surface area contributed by atoms with Gasteiger partial charge in [-0.15, -0.1) is 0 Å². The molecule has 4 rings (SSSR count). The molecule has 1 amide bonds. The maximum atomic E-state index is 14.9. The fourth-order valence-electron chi connectivity index (χ4n) is 3.96. The van der Waals surface area contributed by atoms with Crippen LogP contribution in [0.5, 0.6) is 5.75 Å². The molecule has 1 aromatic heterocycles. The first kappa shape index (κ1) is 22.8. The van der Waals surface area contributed by atoms with Crippen molar-refractivity contribution in [2.45, 2.75) is 44.1 Å². The zero-order chi connectivity index (χ0) is 23.6. The Bertz CT molecular complexity index is 1110. The van der Waals surface area contributed by atoms with Gasteiger partial charge in [-0.2, -0.15) is 5.26 Å². The first-order valence-corrected chi connectivity index (χ1v) is 10.9. The number of pyridine rings is 1. The van der Waals surface area contributed by atoms with Crippen LogP contribution in [0, 0.1) is 17.2 Å². The van der Waals surface area contributed by atoms with Gasteiger partial charge in [0, 0.05) is 25.1 Å². The summed E-state index contributed by atoms with van der Waals surface area (Å²) < 4.78 is 20.8. The number of Topliss-reactive ketones (excluding diaryl/α,β-unsaturated/α-hetero) is 1. The molecule has 3 atom stereocenters. The number of nitrogens with zero attached hydrogens (tertiary/aromatic N) is 2. The highest BCUT2D eigenvalue weighted by atomic mass is 19.1. The van der Waals surface area contributed by atoms with E-state index in [-0.39, 0.29) is 36.1 Å². The van der Waals surface area contributed by atoms with Crippen LogP contribution in [0.2, 0.25) is 0 Å². The topological polar surface area (TPSA) is 124 Å². The summed E-state index contributed by atoms with van der Waals surface area (Å²) in [6.07, 6.45) is 0.261. The summed E-state index contributed by atoms with van der Waals surface area (Å²) in [6, 6.07) is 10.3. The summed E-state index contributed by atoms with van der Waals surface area (Å²) in [5, 5.41) is 25.2. The van der Waals surface area contributed by atoms with Gasteiger partial charge in [-0.25, -0.2) is 9.37 Å². The van der Waals surface area contributed by atoms with Crippen LogP contribution in [0.15, 0.2) is 36.5 Å². The van der Waals surface area contributed by atoms with E-state index in [9.17, 15) is 24.3 Å². The number of nitriles is 1. The number of aliphatic hydroxyl groups is 1. The Morgan fingerprint density at radius 1 is 1.33 bits per heavy atom. The van der Waals surface area contributed by atoms with Gasteiger partial charge in [-0.3, -0.25) is 9.59 Å². The molecule has 1 saturated carbocycles. The van der Waals surface area contributed by atoms with Crippen LogP contribution in [0.4, 0.5) is 10.2 Å². The predicted molar refractivity (Wildman–Crippen MR) is 118 cm³/mol. The van der Waals surface area contributed by atoms with Crippen molar-refractivity contribution >= 4 is 17.5 Å². The number of ether oxygens (including phenoxy) is 1. The van der Waals surface area contributed by atoms with E-state index in [1.54, 1.807) is 30.5 Å². The van der Waals surface area contributed by atoms with Gasteiger partial charge in [0.25, 0.3) is 0 Å². The summed E-state index contributed by atoms with van der Waals surface area (Å²) in [5.41, 5.74) is -0.361. The molecule has 0 bridgehead atoms. The van der Waals surface area contributed by atoms with Gasteiger partial charge in [-0.1, -0.05) is 6.07 Å². The van der Waals surface area contributed by atoms with Crippen molar-refractivity contribution in [3.8, 4) is 22.9 Å². The number of amides is 1. The molecular formula is C24H25FN4O4. The normalized spacial score (nSPS) is 23.3. The average molecular weight is 452 g/mol. The lowest BCUT2D eigenvalue weighted by Gasteiger charge is -2.40. The molecule has 2 aromatic rings. The predicted octanol–water partition coefficient (Wildman–Crippen LogP) is 2.37. The van der Waals surface area contributed by atoms with E-state index < -0.39 is 23.7 Å². The number of hydrogen-bond donors (Lipinski definition) is 3. The molecule has 2 heterocycles. The molecule has 0 spiro atoms. The van der Waals surface area contributed by atoms with Crippen LogP contribution in [-0.4, -0.2) is 52.7 Å². The first-order valence-electron chi connectivity index (χ1n) is 10.9. The molecule has 0 radical (unpaired) electrons. The van der Waals surface area contributed by atoms with E-state index in [0.717, 1.165) is 18.4 Å². The lowest BCUT2D eigenvalue weighted by Crippen LogP contribution is -2.62. The summed E-state index contributed by atoms with van der Waals surface area (Å²) in [4.78, 5) is 28.9. The third kappa shape index (κ3) is 4.72. The van der Waals surface area contributed by atoms with E-state index in [1.807, 2.05) is 6.07 Å². The average Bonchev–Trinajstić information content (AvgIpc) is 3.66. The zero-order valence-corrected chi connectivity index (χ0v) is 18.2. The Labute approximate surface area is 190 Å². The van der Waals surface area contributed by atoms with Crippen molar-refractivity contribution in [2.24, 2.45) is 5.92 Å². The van der Waals surface area contributed by atoms with E-state index in [1.165, 1.54) is 13.0 Å². The maximum absolute atomic E-state index is 14.9. The SMILES string of the molecule is C[C@H](O)C(=O)[C@@]1(Oc2ccc(-c3ccnc(NC(=O)C4CC4)c3)cc2C#N)CCNC[C@H]1F. The number of alkyl halides is 1. The summed E-state index contributed by atoms with van der Waals surface area (Å²) in [6.45, 7) is 1.52. The van der Waals surface area contributed by atoms with Crippen LogP contribution < -0.4 is 15.4 Å². The van der Waals surface area contributed by atoms with Crippen molar-refractivity contribution in [2.75, 3.05) is 18.4 Å². The van der Waals surface area contributed by atoms with Crippen molar-refractivity contribution in [1.82, 2.24) is 10.3 Å². The molecule has 0 unspecified atom stereocenters. The lowest BCUT2D eigenvalue weighted by molar-refractivity contribution is -0.151. The molecule has 8 nitrogen and oxygen atoms in total. The first-order chi connectivity index (χ1) is 15.8. The largest absolute Gasteiger partial charge is 0.475 e. The fourth-order valence-corrected chi connectivity index (χ4v) is 3.96. The highest BCUT2D eigenvalue weighted by molar-refractivity contribution is 5.94. The van der Waals surface area contributed by atoms with Crippen LogP contribution in [0.1, 0.15) is 31.7 Å². The van der Waals surface area contributed by atoms with Crippen molar-refractivity contribution in [3.63, 3.8) is 0 Å². The van der Waals surface area contributed by atoms with Gasteiger partial charge in [0.1, 0.15) is 23.7 Å². The number of nitrogens with one attached hydrogen (secondary N) is 2. The number of carbonyl (C=O) groups excluding carboxylic acids is 2. The quantitative estimate of drug-likeness (QED) is 0.589. The molecule has 1 aliphatic carbocycles. The minimum Gasteiger partial charge on any atom is -0.475 e. The van der Waals surface area contributed by atoms with Gasteiger partial charge >= 0.3 is 0 Å². The number of aliphatic hydroxyl groups excluding tert-OH is 1. The van der Waals surface area contributed by atoms with Gasteiger partial charge in [-0.05, 0) is 61.7 Å². The van der Waals surface area contributed by atoms with Crippen LogP contribution in [0.3, 0.4) is 0 Å². The van der Waals surface area contributed by atoms with Gasteiger partial charge in [0.2, 0.25) is 17.3 Å². The van der Waals surface area contributed by atoms with Crippen LogP contribution in [-0.2, 0) is 9.59 Å². The second-order valence-corrected chi connectivity index (χ2v) is 8.47. The third-order valence-electron chi connectivity index (χ3n) is 5.98. The zero-order valence-electron chi connectivity index (χ0n) is 18.2. The molecule has 2 fully saturated rings. The third-order valence-corrected chi connectivity index (χ3v) is 5.98. The van der Waals surface area contributed by atoms with Crippen molar-refractivity contribution < 1.29 is 23.8 Å².